The van der Waals surface area contributed by atoms with Gasteiger partial charge in [0.05, 0.1) is 23.6 Å². The molecule has 0 amide bonds. The minimum atomic E-state index is -3.80. The summed E-state index contributed by atoms with van der Waals surface area (Å²) in [6.07, 6.45) is 0.0934. The van der Waals surface area contributed by atoms with Crippen LogP contribution >= 0.6 is 0 Å². The maximum atomic E-state index is 13.4. The first-order chi connectivity index (χ1) is 13.7. The van der Waals surface area contributed by atoms with Crippen LogP contribution in [-0.4, -0.2) is 25.6 Å². The Bertz CT molecular complexity index is 1130. The molecule has 1 aromatic heterocycles. The van der Waals surface area contributed by atoms with Gasteiger partial charge in [0.25, 0.3) is 0 Å². The summed E-state index contributed by atoms with van der Waals surface area (Å²) >= 11 is 0. The Labute approximate surface area is 168 Å². The summed E-state index contributed by atoms with van der Waals surface area (Å²) in [5.41, 5.74) is 3.73. The Kier molecular flexibility index (Phi) is 5.86. The van der Waals surface area contributed by atoms with Gasteiger partial charge in [-0.1, -0.05) is 12.1 Å². The second-order valence-electron chi connectivity index (χ2n) is 6.50. The molecular formula is C21H21FN2O4S. The molecule has 6 nitrogen and oxygen atoms in total. The van der Waals surface area contributed by atoms with Crippen molar-refractivity contribution in [3.8, 4) is 16.9 Å². The van der Waals surface area contributed by atoms with Crippen LogP contribution in [0.1, 0.15) is 18.2 Å². The van der Waals surface area contributed by atoms with Crippen molar-refractivity contribution in [2.24, 2.45) is 5.14 Å². The van der Waals surface area contributed by atoms with Crippen LogP contribution in [0.4, 0.5) is 4.39 Å². The number of benzene rings is 2. The molecule has 2 aromatic carbocycles. The summed E-state index contributed by atoms with van der Waals surface area (Å²) in [6, 6.07) is 14.0. The fourth-order valence-corrected chi connectivity index (χ4v) is 3.67. The first-order valence-corrected chi connectivity index (χ1v) is 10.5. The average molecular weight is 416 g/mol. The van der Waals surface area contributed by atoms with Crippen LogP contribution in [0, 0.1) is 12.7 Å². The Hall–Kier alpha value is -2.97. The molecule has 29 heavy (non-hydrogen) atoms. The molecule has 0 aliphatic carbocycles. The van der Waals surface area contributed by atoms with E-state index in [0.29, 0.717) is 12.3 Å². The van der Waals surface area contributed by atoms with E-state index in [1.54, 1.807) is 31.2 Å². The highest BCUT2D eigenvalue weighted by atomic mass is 32.2. The largest absolute Gasteiger partial charge is 0.466 e. The number of nitrogens with zero attached hydrogens (tertiary/aromatic N) is 1. The molecule has 8 heteroatoms. The van der Waals surface area contributed by atoms with Crippen molar-refractivity contribution in [2.75, 3.05) is 6.61 Å². The lowest BCUT2D eigenvalue weighted by Crippen LogP contribution is -2.11. The minimum Gasteiger partial charge on any atom is -0.466 e. The van der Waals surface area contributed by atoms with Gasteiger partial charge in [-0.05, 0) is 67.4 Å². The smallest absolute Gasteiger partial charge is 0.310 e. The number of hydrogen-bond acceptors (Lipinski definition) is 4. The lowest BCUT2D eigenvalue weighted by Gasteiger charge is -2.13. The summed E-state index contributed by atoms with van der Waals surface area (Å²) in [5.74, 6) is -0.702. The van der Waals surface area contributed by atoms with E-state index >= 15 is 0 Å². The zero-order valence-corrected chi connectivity index (χ0v) is 16.9. The van der Waals surface area contributed by atoms with E-state index in [4.69, 9.17) is 9.88 Å². The van der Waals surface area contributed by atoms with Gasteiger partial charge in [-0.25, -0.2) is 17.9 Å². The summed E-state index contributed by atoms with van der Waals surface area (Å²) in [5, 5.41) is 5.17. The Balaban J connectivity index is 2.13. The second-order valence-corrected chi connectivity index (χ2v) is 8.06. The number of halogens is 1. The molecule has 3 aromatic rings. The van der Waals surface area contributed by atoms with Gasteiger partial charge in [0.1, 0.15) is 5.82 Å². The van der Waals surface area contributed by atoms with Crippen molar-refractivity contribution in [3.05, 3.63) is 71.7 Å². The van der Waals surface area contributed by atoms with Crippen molar-refractivity contribution in [2.45, 2.75) is 25.2 Å². The number of rotatable bonds is 6. The van der Waals surface area contributed by atoms with Crippen LogP contribution < -0.4 is 5.14 Å². The lowest BCUT2D eigenvalue weighted by molar-refractivity contribution is -0.142. The summed E-state index contributed by atoms with van der Waals surface area (Å²) in [7, 11) is -3.80. The van der Waals surface area contributed by atoms with Crippen molar-refractivity contribution < 1.29 is 22.3 Å². The van der Waals surface area contributed by atoms with Gasteiger partial charge in [-0.3, -0.25) is 4.79 Å². The molecule has 0 aliphatic rings. The Morgan fingerprint density at radius 3 is 2.28 bits per heavy atom. The van der Waals surface area contributed by atoms with E-state index in [2.05, 4.69) is 0 Å². The normalized spacial score (nSPS) is 11.4. The maximum Gasteiger partial charge on any atom is 0.310 e. The molecule has 152 valence electrons. The third-order valence-electron chi connectivity index (χ3n) is 4.56. The zero-order chi connectivity index (χ0) is 21.2. The molecule has 3 rings (SSSR count). The fourth-order valence-electron chi connectivity index (χ4n) is 3.16. The minimum absolute atomic E-state index is 0.00427. The Morgan fingerprint density at radius 1 is 1.10 bits per heavy atom. The molecule has 0 aliphatic heterocycles. The van der Waals surface area contributed by atoms with Gasteiger partial charge < -0.3 is 9.30 Å². The SMILES string of the molecule is CCOC(=O)Cc1cc(-c2ccc(S(N)(=O)=O)cc2)n(-c2ccc(F)cc2)c1C. The maximum absolute atomic E-state index is 13.4. The topological polar surface area (TPSA) is 91.4 Å². The Morgan fingerprint density at radius 2 is 1.72 bits per heavy atom. The average Bonchev–Trinajstić information content (AvgIpc) is 2.98. The van der Waals surface area contributed by atoms with E-state index in [1.807, 2.05) is 17.6 Å². The van der Waals surface area contributed by atoms with Crippen molar-refractivity contribution in [1.82, 2.24) is 4.57 Å². The molecule has 0 saturated heterocycles. The van der Waals surface area contributed by atoms with Crippen molar-refractivity contribution in [1.29, 1.82) is 0 Å². The van der Waals surface area contributed by atoms with E-state index in [0.717, 1.165) is 22.5 Å². The molecule has 0 fully saturated rings. The molecule has 0 atom stereocenters. The van der Waals surface area contributed by atoms with Gasteiger partial charge in [-0.15, -0.1) is 0 Å². The van der Waals surface area contributed by atoms with Crippen LogP contribution in [0.25, 0.3) is 16.9 Å². The number of primary sulfonamides is 1. The van der Waals surface area contributed by atoms with Crippen LogP contribution in [0.2, 0.25) is 0 Å². The zero-order valence-electron chi connectivity index (χ0n) is 16.1. The lowest BCUT2D eigenvalue weighted by atomic mass is 10.1. The first-order valence-electron chi connectivity index (χ1n) is 8.96. The van der Waals surface area contributed by atoms with E-state index in [-0.39, 0.29) is 23.1 Å². The highest BCUT2D eigenvalue weighted by Crippen LogP contribution is 2.30. The molecule has 0 spiro atoms. The van der Waals surface area contributed by atoms with E-state index in [1.165, 1.54) is 24.3 Å². The molecule has 0 unspecified atom stereocenters. The van der Waals surface area contributed by atoms with Gasteiger partial charge in [0.2, 0.25) is 10.0 Å². The molecular weight excluding hydrogens is 395 g/mol. The van der Waals surface area contributed by atoms with Gasteiger partial charge >= 0.3 is 5.97 Å². The monoisotopic (exact) mass is 416 g/mol. The predicted molar refractivity (Wildman–Crippen MR) is 108 cm³/mol. The van der Waals surface area contributed by atoms with Crippen LogP contribution in [-0.2, 0) is 26.0 Å². The fraction of sp³-hybridized carbons (Fsp3) is 0.190. The molecule has 1 heterocycles. The van der Waals surface area contributed by atoms with Gasteiger partial charge in [0, 0.05) is 11.4 Å². The highest BCUT2D eigenvalue weighted by molar-refractivity contribution is 7.89. The molecule has 0 bridgehead atoms. The van der Waals surface area contributed by atoms with E-state index in [9.17, 15) is 17.6 Å². The number of carbonyl (C=O) groups is 1. The summed E-state index contributed by atoms with van der Waals surface area (Å²) in [4.78, 5) is 12.0. The number of carbonyl (C=O) groups excluding carboxylic acids is 1. The van der Waals surface area contributed by atoms with Crippen LogP contribution in [0.15, 0.2) is 59.5 Å². The second kappa shape index (κ2) is 8.18. The quantitative estimate of drug-likeness (QED) is 0.624. The number of ether oxygens (including phenoxy) is 1. The van der Waals surface area contributed by atoms with E-state index < -0.39 is 10.0 Å². The van der Waals surface area contributed by atoms with Crippen LogP contribution in [0.3, 0.4) is 0 Å². The summed E-state index contributed by atoms with van der Waals surface area (Å²) < 4.78 is 43.4. The van der Waals surface area contributed by atoms with Crippen molar-refractivity contribution in [3.63, 3.8) is 0 Å². The third-order valence-corrected chi connectivity index (χ3v) is 5.48. The van der Waals surface area contributed by atoms with Crippen molar-refractivity contribution >= 4 is 16.0 Å². The molecule has 2 N–H and O–H groups in total. The van der Waals surface area contributed by atoms with Gasteiger partial charge in [-0.2, -0.15) is 0 Å². The number of sulfonamides is 1. The van der Waals surface area contributed by atoms with Crippen LogP contribution in [0.5, 0.6) is 0 Å². The third kappa shape index (κ3) is 4.55. The molecule has 0 radical (unpaired) electrons. The van der Waals surface area contributed by atoms with Gasteiger partial charge in [0.15, 0.2) is 0 Å². The summed E-state index contributed by atoms with van der Waals surface area (Å²) in [6.45, 7) is 3.89. The number of nitrogens with two attached hydrogens (primary N) is 1. The first kappa shape index (κ1) is 20.8. The number of hydrogen-bond donors (Lipinski definition) is 1. The highest BCUT2D eigenvalue weighted by Gasteiger charge is 2.18. The standard InChI is InChI=1S/C21H21FN2O4S/c1-3-28-21(25)13-16-12-20(15-4-10-19(11-5-15)29(23,26)27)24(14(16)2)18-8-6-17(22)7-9-18/h4-12H,3,13H2,1-2H3,(H2,23,26,27). The molecule has 0 saturated carbocycles. The number of aromatic nitrogens is 1. The number of esters is 1. The predicted octanol–water partition coefficient (Wildman–Crippen LogP) is 3.34.